The zero-order chi connectivity index (χ0) is 22.7. The predicted molar refractivity (Wildman–Crippen MR) is 122 cm³/mol. The van der Waals surface area contributed by atoms with Crippen LogP contribution in [0.25, 0.3) is 0 Å². The molecule has 1 aliphatic heterocycles. The van der Waals surface area contributed by atoms with Gasteiger partial charge in [0.2, 0.25) is 0 Å². The van der Waals surface area contributed by atoms with Gasteiger partial charge >= 0.3 is 12.2 Å². The Morgan fingerprint density at radius 3 is 2.28 bits per heavy atom. The molecule has 3 N–H and O–H groups in total. The van der Waals surface area contributed by atoms with Crippen molar-refractivity contribution in [3.05, 3.63) is 95.6 Å². The van der Waals surface area contributed by atoms with Crippen molar-refractivity contribution in [2.75, 3.05) is 10.6 Å². The van der Waals surface area contributed by atoms with Crippen molar-refractivity contribution in [2.45, 2.75) is 12.3 Å². The fourth-order valence-corrected chi connectivity index (χ4v) is 3.44. The van der Waals surface area contributed by atoms with Crippen LogP contribution in [0, 0.1) is 0 Å². The zero-order valence-corrected chi connectivity index (χ0v) is 17.3. The van der Waals surface area contributed by atoms with Crippen LogP contribution in [0.3, 0.4) is 0 Å². The molecule has 0 radical (unpaired) electrons. The molecule has 0 aromatic heterocycles. The van der Waals surface area contributed by atoms with Crippen LogP contribution in [0.1, 0.15) is 16.7 Å². The van der Waals surface area contributed by atoms with Crippen molar-refractivity contribution in [1.29, 1.82) is 0 Å². The van der Waals surface area contributed by atoms with Gasteiger partial charge in [0.15, 0.2) is 6.17 Å². The lowest BCUT2D eigenvalue weighted by molar-refractivity contribution is -0.137. The first-order chi connectivity index (χ1) is 15.3. The van der Waals surface area contributed by atoms with Gasteiger partial charge in [-0.3, -0.25) is 4.99 Å². The number of benzene rings is 3. The summed E-state index contributed by atoms with van der Waals surface area (Å²) in [6.07, 6.45) is -5.33. The molecule has 162 valence electrons. The quantitative estimate of drug-likeness (QED) is 0.462. The number of para-hydroxylation sites is 1. The summed E-state index contributed by atoms with van der Waals surface area (Å²) < 4.78 is 38.2. The number of amides is 2. The number of carbonyl (C=O) groups is 1. The number of benzodiazepines with no additional fused rings is 1. The lowest BCUT2D eigenvalue weighted by Crippen LogP contribution is -2.43. The highest BCUT2D eigenvalue weighted by molar-refractivity contribution is 7.80. The summed E-state index contributed by atoms with van der Waals surface area (Å²) in [6.45, 7) is 0. The zero-order valence-electron chi connectivity index (χ0n) is 16.5. The molecule has 1 heterocycles. The summed E-state index contributed by atoms with van der Waals surface area (Å²) in [7, 11) is 0. The van der Waals surface area contributed by atoms with Gasteiger partial charge in [-0.1, -0.05) is 60.7 Å². The average Bonchev–Trinajstić information content (AvgIpc) is 2.90. The molecule has 0 spiro atoms. The number of hydrogen-bond acceptors (Lipinski definition) is 3. The number of nitrogens with one attached hydrogen (secondary N) is 3. The number of fused-ring (bicyclic) bond motifs is 1. The third-order valence-electron chi connectivity index (χ3n) is 4.73. The van der Waals surface area contributed by atoms with E-state index in [9.17, 15) is 18.0 Å². The largest absolute Gasteiger partial charge is 0.416 e. The van der Waals surface area contributed by atoms with Crippen LogP contribution in [-0.2, 0) is 6.18 Å². The van der Waals surface area contributed by atoms with Gasteiger partial charge < -0.3 is 16.0 Å². The fourth-order valence-electron chi connectivity index (χ4n) is 3.21. The number of nitrogens with zero attached hydrogens (tertiary/aromatic N) is 1. The first kappa shape index (κ1) is 21.5. The van der Waals surface area contributed by atoms with E-state index in [1.807, 2.05) is 54.6 Å². The molecule has 4 rings (SSSR count). The van der Waals surface area contributed by atoms with Gasteiger partial charge in [0.25, 0.3) is 0 Å². The molecule has 0 saturated heterocycles. The Kier molecular flexibility index (Phi) is 5.91. The van der Waals surface area contributed by atoms with E-state index in [1.165, 1.54) is 12.1 Å². The van der Waals surface area contributed by atoms with Crippen LogP contribution in [-0.4, -0.2) is 22.9 Å². The number of rotatable bonds is 3. The first-order valence-electron chi connectivity index (χ1n) is 9.59. The minimum Gasteiger partial charge on any atom is -0.346 e. The lowest BCUT2D eigenvalue weighted by Gasteiger charge is -2.16. The summed E-state index contributed by atoms with van der Waals surface area (Å²) >= 11 is 5.45. The maximum atomic E-state index is 12.7. The van der Waals surface area contributed by atoms with E-state index in [2.05, 4.69) is 20.9 Å². The summed E-state index contributed by atoms with van der Waals surface area (Å²) in [6, 6.07) is 20.5. The highest BCUT2D eigenvalue weighted by atomic mass is 32.1. The molecule has 2 amide bonds. The molecular weight excluding hydrogens is 437 g/mol. The number of thiocarbonyl (C=S) groups is 1. The first-order valence-corrected chi connectivity index (χ1v) is 10.0. The summed E-state index contributed by atoms with van der Waals surface area (Å²) in [5.74, 6) is 0. The van der Waals surface area contributed by atoms with Gasteiger partial charge in [0.1, 0.15) is 4.99 Å². The standard InChI is InChI=1S/C23H17F3N4OS/c24-23(25,26)15-10-12-16(13-11-15)27-22(31)30-20-21(32)28-18-9-5-4-8-17(18)19(29-20)14-6-2-1-3-7-14/h1-13,20H,(H,28,32)(H2,27,30,31)/t20-/m0/s1. The number of urea groups is 1. The molecule has 0 unspecified atom stereocenters. The molecule has 3 aromatic rings. The van der Waals surface area contributed by atoms with E-state index < -0.39 is 23.9 Å². The number of alkyl halides is 3. The van der Waals surface area contributed by atoms with Gasteiger partial charge in [-0.05, 0) is 30.3 Å². The molecular formula is C23H17F3N4OS. The maximum absolute atomic E-state index is 12.7. The Balaban J connectivity index is 1.57. The monoisotopic (exact) mass is 454 g/mol. The van der Waals surface area contributed by atoms with E-state index in [4.69, 9.17) is 12.2 Å². The highest BCUT2D eigenvalue weighted by Crippen LogP contribution is 2.30. The minimum absolute atomic E-state index is 0.207. The SMILES string of the molecule is O=C(Nc1ccc(C(F)(F)F)cc1)N[C@@H]1N=C(c2ccccc2)c2ccccc2NC1=S. The molecule has 0 bridgehead atoms. The fraction of sp³-hybridized carbons (Fsp3) is 0.0870. The second-order valence-corrected chi connectivity index (χ2v) is 7.39. The number of carbonyl (C=O) groups excluding carboxylic acids is 1. The number of anilines is 2. The van der Waals surface area contributed by atoms with Gasteiger partial charge in [0.05, 0.1) is 11.3 Å². The van der Waals surface area contributed by atoms with Gasteiger partial charge in [0, 0.05) is 22.5 Å². The van der Waals surface area contributed by atoms with Crippen molar-refractivity contribution in [3.8, 4) is 0 Å². The molecule has 9 heteroatoms. The number of hydrogen-bond donors (Lipinski definition) is 3. The van der Waals surface area contributed by atoms with Crippen LogP contribution in [0.4, 0.5) is 29.3 Å². The summed E-state index contributed by atoms with van der Waals surface area (Å²) in [5.41, 5.74) is 2.49. The van der Waals surface area contributed by atoms with Crippen LogP contribution in [0.15, 0.2) is 83.9 Å². The molecule has 0 saturated carbocycles. The summed E-state index contributed by atoms with van der Waals surface area (Å²) in [5, 5.41) is 8.30. The Bertz CT molecular complexity index is 1180. The van der Waals surface area contributed by atoms with Crippen molar-refractivity contribution >= 4 is 40.3 Å². The van der Waals surface area contributed by atoms with E-state index >= 15 is 0 Å². The van der Waals surface area contributed by atoms with E-state index in [-0.39, 0.29) is 10.7 Å². The lowest BCUT2D eigenvalue weighted by atomic mass is 10.0. The van der Waals surface area contributed by atoms with E-state index in [0.717, 1.165) is 28.9 Å². The molecule has 0 fully saturated rings. The number of halogens is 3. The van der Waals surface area contributed by atoms with Crippen LogP contribution in [0.5, 0.6) is 0 Å². The third kappa shape index (κ3) is 4.78. The second kappa shape index (κ2) is 8.80. The Morgan fingerprint density at radius 2 is 1.59 bits per heavy atom. The molecule has 3 aromatic carbocycles. The van der Waals surface area contributed by atoms with Gasteiger partial charge in [-0.25, -0.2) is 4.79 Å². The van der Waals surface area contributed by atoms with Crippen molar-refractivity contribution in [2.24, 2.45) is 4.99 Å². The van der Waals surface area contributed by atoms with Gasteiger partial charge in [-0.15, -0.1) is 0 Å². The molecule has 1 aliphatic rings. The van der Waals surface area contributed by atoms with E-state index in [0.29, 0.717) is 5.71 Å². The van der Waals surface area contributed by atoms with Crippen LogP contribution >= 0.6 is 12.2 Å². The number of aliphatic imine (C=N–C) groups is 1. The highest BCUT2D eigenvalue weighted by Gasteiger charge is 2.30. The summed E-state index contributed by atoms with van der Waals surface area (Å²) in [4.78, 5) is 17.5. The Labute approximate surface area is 187 Å². The van der Waals surface area contributed by atoms with Crippen molar-refractivity contribution in [3.63, 3.8) is 0 Å². The second-order valence-electron chi connectivity index (χ2n) is 6.95. The maximum Gasteiger partial charge on any atom is 0.416 e. The van der Waals surface area contributed by atoms with Crippen molar-refractivity contribution < 1.29 is 18.0 Å². The van der Waals surface area contributed by atoms with E-state index in [1.54, 1.807) is 0 Å². The Hall–Kier alpha value is -3.72. The Morgan fingerprint density at radius 1 is 0.938 bits per heavy atom. The molecule has 32 heavy (non-hydrogen) atoms. The van der Waals surface area contributed by atoms with Gasteiger partial charge in [-0.2, -0.15) is 13.2 Å². The predicted octanol–water partition coefficient (Wildman–Crippen LogP) is 5.44. The smallest absolute Gasteiger partial charge is 0.346 e. The minimum atomic E-state index is -4.45. The van der Waals surface area contributed by atoms with Crippen LogP contribution in [0.2, 0.25) is 0 Å². The van der Waals surface area contributed by atoms with Crippen molar-refractivity contribution in [1.82, 2.24) is 5.32 Å². The molecule has 1 atom stereocenters. The van der Waals surface area contributed by atoms with Crippen LogP contribution < -0.4 is 16.0 Å². The topological polar surface area (TPSA) is 65.5 Å². The molecule has 0 aliphatic carbocycles. The normalized spacial score (nSPS) is 15.7. The average molecular weight is 454 g/mol. The molecule has 5 nitrogen and oxygen atoms in total. The third-order valence-corrected chi connectivity index (χ3v) is 5.06.